The first-order valence-corrected chi connectivity index (χ1v) is 9.35. The molecule has 1 aromatic carbocycles. The van der Waals surface area contributed by atoms with E-state index in [4.69, 9.17) is 9.47 Å². The lowest BCUT2D eigenvalue weighted by molar-refractivity contribution is -0.127. The summed E-state index contributed by atoms with van der Waals surface area (Å²) in [5, 5.41) is 8.04. The number of rotatable bonds is 9. The van der Waals surface area contributed by atoms with Gasteiger partial charge in [0.25, 0.3) is 0 Å². The highest BCUT2D eigenvalue weighted by atomic mass is 16.6. The molecule has 0 saturated carbocycles. The van der Waals surface area contributed by atoms with Crippen LogP contribution in [0.1, 0.15) is 20.8 Å². The number of amides is 3. The van der Waals surface area contributed by atoms with Crippen LogP contribution in [0, 0.1) is 0 Å². The topological polar surface area (TPSA) is 109 Å². The first-order chi connectivity index (χ1) is 13.4. The van der Waals surface area contributed by atoms with Crippen molar-refractivity contribution in [1.29, 1.82) is 0 Å². The van der Waals surface area contributed by atoms with Crippen molar-refractivity contribution in [3.05, 3.63) is 18.2 Å². The van der Waals surface area contributed by atoms with E-state index >= 15 is 0 Å². The Morgan fingerprint density at radius 1 is 1.04 bits per heavy atom. The summed E-state index contributed by atoms with van der Waals surface area (Å²) in [4.78, 5) is 37.6. The molecule has 1 aromatic rings. The van der Waals surface area contributed by atoms with Crippen molar-refractivity contribution >= 4 is 23.4 Å². The number of carbonyl (C=O) groups is 3. The molecule has 1 heterocycles. The average Bonchev–Trinajstić information content (AvgIpc) is 2.65. The van der Waals surface area contributed by atoms with E-state index in [9.17, 15) is 14.4 Å². The summed E-state index contributed by atoms with van der Waals surface area (Å²) in [6.07, 6.45) is 0. The molecule has 0 saturated heterocycles. The number of hydrogen-bond donors (Lipinski definition) is 3. The number of likely N-dealkylation sites (N-methyl/N-ethyl adjacent to an activating group) is 1. The first-order valence-electron chi connectivity index (χ1n) is 9.35. The quantitative estimate of drug-likeness (QED) is 0.560. The maximum Gasteiger partial charge on any atom is 0.239 e. The number of ether oxygens (including phenoxy) is 2. The van der Waals surface area contributed by atoms with E-state index in [1.807, 2.05) is 20.8 Å². The molecule has 154 valence electrons. The molecule has 1 aliphatic rings. The number of benzene rings is 1. The van der Waals surface area contributed by atoms with Crippen LogP contribution in [0.5, 0.6) is 11.5 Å². The van der Waals surface area contributed by atoms with Crippen LogP contribution in [0.2, 0.25) is 0 Å². The van der Waals surface area contributed by atoms with E-state index in [-0.39, 0.29) is 43.4 Å². The summed E-state index contributed by atoms with van der Waals surface area (Å²) >= 11 is 0. The Hall–Kier alpha value is -2.81. The number of hydrogen-bond acceptors (Lipinski definition) is 6. The number of fused-ring (bicyclic) bond motifs is 1. The first kappa shape index (κ1) is 21.5. The Bertz CT molecular complexity index is 708. The Labute approximate surface area is 164 Å². The second-order valence-corrected chi connectivity index (χ2v) is 6.71. The monoisotopic (exact) mass is 392 g/mol. The summed E-state index contributed by atoms with van der Waals surface area (Å²) in [5.41, 5.74) is 0.597. The third-order valence-corrected chi connectivity index (χ3v) is 3.90. The molecule has 28 heavy (non-hydrogen) atoms. The largest absolute Gasteiger partial charge is 0.486 e. The zero-order valence-electron chi connectivity index (χ0n) is 16.5. The fourth-order valence-electron chi connectivity index (χ4n) is 2.62. The summed E-state index contributed by atoms with van der Waals surface area (Å²) in [6, 6.07) is 5.21. The van der Waals surface area contributed by atoms with Gasteiger partial charge in [-0.15, -0.1) is 0 Å². The molecule has 0 spiro atoms. The molecular weight excluding hydrogens is 364 g/mol. The molecule has 0 aromatic heterocycles. The van der Waals surface area contributed by atoms with Crippen LogP contribution >= 0.6 is 0 Å². The minimum absolute atomic E-state index is 0.0146. The fourth-order valence-corrected chi connectivity index (χ4v) is 2.62. The van der Waals surface area contributed by atoms with Crippen molar-refractivity contribution in [1.82, 2.24) is 15.5 Å². The molecule has 9 nitrogen and oxygen atoms in total. The SMILES string of the molecule is CCN(CC(=O)NCC(=O)NC(C)C)CC(=O)Nc1ccc2c(c1)OCCO2. The third kappa shape index (κ3) is 7.07. The molecule has 0 bridgehead atoms. The van der Waals surface area contributed by atoms with Crippen molar-refractivity contribution in [2.75, 3.05) is 44.7 Å². The number of nitrogens with one attached hydrogen (secondary N) is 3. The minimum atomic E-state index is -0.312. The maximum absolute atomic E-state index is 12.3. The van der Waals surface area contributed by atoms with E-state index in [0.717, 1.165) is 0 Å². The highest BCUT2D eigenvalue weighted by Crippen LogP contribution is 2.32. The zero-order chi connectivity index (χ0) is 20.5. The van der Waals surface area contributed by atoms with Gasteiger partial charge in [0.15, 0.2) is 11.5 Å². The Morgan fingerprint density at radius 2 is 1.71 bits per heavy atom. The van der Waals surface area contributed by atoms with Crippen molar-refractivity contribution in [3.63, 3.8) is 0 Å². The van der Waals surface area contributed by atoms with Gasteiger partial charge in [0, 0.05) is 17.8 Å². The standard InChI is InChI=1S/C19H28N4O5/c1-4-23(11-18(25)20-10-17(24)21-13(2)3)12-19(26)22-14-5-6-15-16(9-14)28-8-7-27-15/h5-6,9,13H,4,7-8,10-12H2,1-3H3,(H,20,25)(H,21,24)(H,22,26). The molecule has 0 atom stereocenters. The summed E-state index contributed by atoms with van der Waals surface area (Å²) in [6.45, 7) is 7.03. The second kappa shape index (κ2) is 10.5. The van der Waals surface area contributed by atoms with Gasteiger partial charge in [0.1, 0.15) is 13.2 Å². The summed E-state index contributed by atoms with van der Waals surface area (Å²) in [7, 11) is 0. The van der Waals surface area contributed by atoms with Gasteiger partial charge >= 0.3 is 0 Å². The van der Waals surface area contributed by atoms with Crippen LogP contribution in [-0.4, -0.2) is 68.1 Å². The molecule has 3 amide bonds. The Balaban J connectivity index is 1.79. The minimum Gasteiger partial charge on any atom is -0.486 e. The van der Waals surface area contributed by atoms with Gasteiger partial charge < -0.3 is 25.4 Å². The number of anilines is 1. The van der Waals surface area contributed by atoms with E-state index in [1.165, 1.54) is 0 Å². The van der Waals surface area contributed by atoms with Crippen molar-refractivity contribution < 1.29 is 23.9 Å². The predicted octanol–water partition coefficient (Wildman–Crippen LogP) is 0.359. The van der Waals surface area contributed by atoms with Crippen molar-refractivity contribution in [2.24, 2.45) is 0 Å². The van der Waals surface area contributed by atoms with E-state index in [0.29, 0.717) is 36.9 Å². The highest BCUT2D eigenvalue weighted by Gasteiger charge is 2.16. The van der Waals surface area contributed by atoms with E-state index in [2.05, 4.69) is 16.0 Å². The zero-order valence-corrected chi connectivity index (χ0v) is 16.5. The fraction of sp³-hybridized carbons (Fsp3) is 0.526. The van der Waals surface area contributed by atoms with Gasteiger partial charge in [-0.05, 0) is 32.5 Å². The predicted molar refractivity (Wildman–Crippen MR) is 104 cm³/mol. The average molecular weight is 392 g/mol. The lowest BCUT2D eigenvalue weighted by Gasteiger charge is -2.21. The molecule has 2 rings (SSSR count). The Morgan fingerprint density at radius 3 is 2.39 bits per heavy atom. The van der Waals surface area contributed by atoms with Gasteiger partial charge in [0.2, 0.25) is 17.7 Å². The van der Waals surface area contributed by atoms with Crippen molar-refractivity contribution in [2.45, 2.75) is 26.8 Å². The molecule has 0 radical (unpaired) electrons. The molecule has 0 unspecified atom stereocenters. The molecule has 0 fully saturated rings. The Kier molecular flexibility index (Phi) is 8.06. The maximum atomic E-state index is 12.3. The van der Waals surface area contributed by atoms with Gasteiger partial charge in [-0.1, -0.05) is 6.92 Å². The number of carbonyl (C=O) groups excluding carboxylic acids is 3. The van der Waals surface area contributed by atoms with Crippen LogP contribution in [-0.2, 0) is 14.4 Å². The van der Waals surface area contributed by atoms with Crippen LogP contribution in [0.15, 0.2) is 18.2 Å². The summed E-state index contributed by atoms with van der Waals surface area (Å²) < 4.78 is 10.9. The van der Waals surface area contributed by atoms with Crippen LogP contribution in [0.4, 0.5) is 5.69 Å². The molecule has 3 N–H and O–H groups in total. The summed E-state index contributed by atoms with van der Waals surface area (Å²) in [5.74, 6) is 0.438. The normalized spacial score (nSPS) is 12.6. The van der Waals surface area contributed by atoms with Gasteiger partial charge in [0.05, 0.1) is 19.6 Å². The van der Waals surface area contributed by atoms with E-state index in [1.54, 1.807) is 23.1 Å². The van der Waals surface area contributed by atoms with Crippen LogP contribution in [0.3, 0.4) is 0 Å². The second-order valence-electron chi connectivity index (χ2n) is 6.71. The molecular formula is C19H28N4O5. The van der Waals surface area contributed by atoms with Crippen LogP contribution < -0.4 is 25.4 Å². The highest BCUT2D eigenvalue weighted by molar-refractivity contribution is 5.93. The third-order valence-electron chi connectivity index (χ3n) is 3.90. The lowest BCUT2D eigenvalue weighted by Crippen LogP contribution is -2.45. The smallest absolute Gasteiger partial charge is 0.239 e. The lowest BCUT2D eigenvalue weighted by atomic mass is 10.2. The van der Waals surface area contributed by atoms with E-state index < -0.39 is 0 Å². The molecule has 9 heteroatoms. The van der Waals surface area contributed by atoms with Gasteiger partial charge in [-0.3, -0.25) is 19.3 Å². The molecule has 0 aliphatic carbocycles. The molecule has 1 aliphatic heterocycles. The number of nitrogens with zero attached hydrogens (tertiary/aromatic N) is 1. The van der Waals surface area contributed by atoms with Gasteiger partial charge in [-0.25, -0.2) is 0 Å². The van der Waals surface area contributed by atoms with Crippen molar-refractivity contribution in [3.8, 4) is 11.5 Å². The van der Waals surface area contributed by atoms with Crippen LogP contribution in [0.25, 0.3) is 0 Å². The van der Waals surface area contributed by atoms with Gasteiger partial charge in [-0.2, -0.15) is 0 Å².